The molecule has 1 saturated heterocycles. The Morgan fingerprint density at radius 3 is 2.53 bits per heavy atom. The van der Waals surface area contributed by atoms with Gasteiger partial charge >= 0.3 is 0 Å². The van der Waals surface area contributed by atoms with E-state index in [1.54, 1.807) is 36.4 Å². The normalized spacial score (nSPS) is 18.1. The van der Waals surface area contributed by atoms with Crippen LogP contribution in [0.25, 0.3) is 5.76 Å². The van der Waals surface area contributed by atoms with Crippen molar-refractivity contribution in [3.8, 4) is 5.75 Å². The summed E-state index contributed by atoms with van der Waals surface area (Å²) in [4.78, 5) is 27.1. The molecule has 158 valence electrons. The number of aliphatic hydroxyl groups is 1. The Bertz CT molecular complexity index is 954. The second-order valence-corrected chi connectivity index (χ2v) is 7.35. The van der Waals surface area contributed by atoms with Crippen molar-refractivity contribution < 1.29 is 24.2 Å². The largest absolute Gasteiger partial charge is 0.507 e. The van der Waals surface area contributed by atoms with Gasteiger partial charge in [-0.25, -0.2) is 0 Å². The van der Waals surface area contributed by atoms with Crippen molar-refractivity contribution in [1.29, 1.82) is 0 Å². The number of methoxy groups -OCH3 is 1. The Hall–Kier alpha value is -2.83. The monoisotopic (exact) mass is 429 g/mol. The minimum atomic E-state index is -0.749. The van der Waals surface area contributed by atoms with Crippen LogP contribution in [-0.4, -0.2) is 48.6 Å². The van der Waals surface area contributed by atoms with Crippen LogP contribution in [0.2, 0.25) is 5.02 Å². The van der Waals surface area contributed by atoms with Crippen molar-refractivity contribution in [2.75, 3.05) is 26.9 Å². The lowest BCUT2D eigenvalue weighted by Crippen LogP contribution is -2.32. The number of amides is 1. The number of aliphatic hydroxyl groups excluding tert-OH is 1. The van der Waals surface area contributed by atoms with Crippen molar-refractivity contribution >= 4 is 29.1 Å². The number of Topliss-reactive ketones (excluding diaryl/α,β-unsaturated/α-hetero) is 1. The van der Waals surface area contributed by atoms with Crippen LogP contribution in [0.4, 0.5) is 0 Å². The number of ketones is 1. The maximum Gasteiger partial charge on any atom is 0.295 e. The van der Waals surface area contributed by atoms with E-state index in [0.29, 0.717) is 28.5 Å². The molecule has 0 saturated carbocycles. The fraction of sp³-hybridized carbons (Fsp3) is 0.304. The Kier molecular flexibility index (Phi) is 7.13. The number of rotatable bonds is 8. The highest BCUT2D eigenvalue weighted by atomic mass is 35.5. The van der Waals surface area contributed by atoms with Crippen LogP contribution < -0.4 is 4.74 Å². The maximum absolute atomic E-state index is 12.9. The number of carbonyl (C=O) groups is 2. The first kappa shape index (κ1) is 21.9. The summed E-state index contributed by atoms with van der Waals surface area (Å²) < 4.78 is 10.8. The first-order valence-electron chi connectivity index (χ1n) is 9.74. The van der Waals surface area contributed by atoms with Crippen LogP contribution in [0.1, 0.15) is 30.5 Å². The van der Waals surface area contributed by atoms with Gasteiger partial charge in [0.15, 0.2) is 0 Å². The molecular weight excluding hydrogens is 406 g/mol. The number of hydrogen-bond acceptors (Lipinski definition) is 5. The Morgan fingerprint density at radius 2 is 1.87 bits per heavy atom. The highest BCUT2D eigenvalue weighted by Crippen LogP contribution is 2.40. The molecule has 1 atom stereocenters. The van der Waals surface area contributed by atoms with Gasteiger partial charge in [-0.3, -0.25) is 9.59 Å². The van der Waals surface area contributed by atoms with Crippen LogP contribution in [0.15, 0.2) is 54.1 Å². The van der Waals surface area contributed by atoms with Crippen LogP contribution in [-0.2, 0) is 14.3 Å². The first-order valence-corrected chi connectivity index (χ1v) is 10.1. The summed E-state index contributed by atoms with van der Waals surface area (Å²) in [7, 11) is 1.53. The van der Waals surface area contributed by atoms with Crippen LogP contribution in [0, 0.1) is 0 Å². The summed E-state index contributed by atoms with van der Waals surface area (Å²) in [6, 6.07) is 12.9. The summed E-state index contributed by atoms with van der Waals surface area (Å²) >= 11 is 5.94. The summed E-state index contributed by atoms with van der Waals surface area (Å²) in [6.45, 7) is 3.04. The van der Waals surface area contributed by atoms with Gasteiger partial charge in [0.25, 0.3) is 11.7 Å². The van der Waals surface area contributed by atoms with E-state index in [2.05, 4.69) is 0 Å². The van der Waals surface area contributed by atoms with Crippen LogP contribution >= 0.6 is 11.6 Å². The van der Waals surface area contributed by atoms with Gasteiger partial charge < -0.3 is 19.5 Å². The zero-order chi connectivity index (χ0) is 21.7. The third kappa shape index (κ3) is 4.50. The molecule has 3 rings (SSSR count). The Balaban J connectivity index is 2.11. The fourth-order valence-electron chi connectivity index (χ4n) is 3.40. The molecule has 2 aromatic carbocycles. The molecule has 1 fully saturated rings. The van der Waals surface area contributed by atoms with Crippen molar-refractivity contribution in [2.45, 2.75) is 19.4 Å². The zero-order valence-electron chi connectivity index (χ0n) is 16.9. The van der Waals surface area contributed by atoms with Gasteiger partial charge in [0, 0.05) is 24.2 Å². The highest BCUT2D eigenvalue weighted by molar-refractivity contribution is 6.46. The lowest BCUT2D eigenvalue weighted by Gasteiger charge is -2.25. The Morgan fingerprint density at radius 1 is 1.13 bits per heavy atom. The molecule has 7 heteroatoms. The molecular formula is C23H24ClNO5. The molecule has 30 heavy (non-hydrogen) atoms. The van der Waals surface area contributed by atoms with Crippen LogP contribution in [0.5, 0.6) is 5.75 Å². The topological polar surface area (TPSA) is 76.1 Å². The van der Waals surface area contributed by atoms with Crippen molar-refractivity contribution in [3.05, 3.63) is 70.3 Å². The molecule has 1 amide bonds. The molecule has 1 N–H and O–H groups in total. The minimum Gasteiger partial charge on any atom is -0.507 e. The van der Waals surface area contributed by atoms with Gasteiger partial charge in [-0.05, 0) is 48.4 Å². The van der Waals surface area contributed by atoms with E-state index in [1.807, 2.05) is 19.1 Å². The number of benzene rings is 2. The SMILES string of the molecule is CCCOc1cccc(C2/C(=C(\O)c3ccc(Cl)cc3)C(=O)C(=O)N2CCOC)c1. The smallest absolute Gasteiger partial charge is 0.295 e. The van der Waals surface area contributed by atoms with Gasteiger partial charge in [-0.2, -0.15) is 0 Å². The number of hydrogen-bond donors (Lipinski definition) is 1. The molecule has 0 aromatic heterocycles. The Labute approximate surface area is 180 Å². The average Bonchev–Trinajstić information content (AvgIpc) is 3.01. The quantitative estimate of drug-likeness (QED) is 0.386. The molecule has 1 aliphatic heterocycles. The number of ether oxygens (including phenoxy) is 2. The van der Waals surface area contributed by atoms with Gasteiger partial charge in [0.1, 0.15) is 11.5 Å². The fourth-order valence-corrected chi connectivity index (χ4v) is 3.53. The van der Waals surface area contributed by atoms with E-state index in [1.165, 1.54) is 12.0 Å². The number of carbonyl (C=O) groups excluding carboxylic acids is 2. The molecule has 1 unspecified atom stereocenters. The van der Waals surface area contributed by atoms with Gasteiger partial charge in [-0.1, -0.05) is 30.7 Å². The lowest BCUT2D eigenvalue weighted by atomic mass is 9.95. The van der Waals surface area contributed by atoms with E-state index in [9.17, 15) is 14.7 Å². The average molecular weight is 430 g/mol. The second-order valence-electron chi connectivity index (χ2n) is 6.91. The molecule has 0 bridgehead atoms. The van der Waals surface area contributed by atoms with Crippen molar-refractivity contribution in [1.82, 2.24) is 4.90 Å². The molecule has 2 aromatic rings. The van der Waals surface area contributed by atoms with E-state index in [0.717, 1.165) is 6.42 Å². The van der Waals surface area contributed by atoms with E-state index in [-0.39, 0.29) is 24.5 Å². The highest BCUT2D eigenvalue weighted by Gasteiger charge is 2.45. The summed E-state index contributed by atoms with van der Waals surface area (Å²) in [6.07, 6.45) is 0.854. The third-order valence-corrected chi connectivity index (χ3v) is 5.09. The third-order valence-electron chi connectivity index (χ3n) is 4.84. The predicted molar refractivity (Wildman–Crippen MR) is 115 cm³/mol. The molecule has 6 nitrogen and oxygen atoms in total. The van der Waals surface area contributed by atoms with E-state index in [4.69, 9.17) is 21.1 Å². The molecule has 0 spiro atoms. The van der Waals surface area contributed by atoms with Gasteiger partial charge in [0.2, 0.25) is 0 Å². The first-order chi connectivity index (χ1) is 14.5. The summed E-state index contributed by atoms with van der Waals surface area (Å²) in [5.41, 5.74) is 1.12. The van der Waals surface area contributed by atoms with E-state index < -0.39 is 17.7 Å². The number of halogens is 1. The number of likely N-dealkylation sites (tertiary alicyclic amines) is 1. The van der Waals surface area contributed by atoms with Gasteiger partial charge in [-0.15, -0.1) is 0 Å². The summed E-state index contributed by atoms with van der Waals surface area (Å²) in [5, 5.41) is 11.5. The van der Waals surface area contributed by atoms with E-state index >= 15 is 0 Å². The van der Waals surface area contributed by atoms with Gasteiger partial charge in [0.05, 0.1) is 24.8 Å². The molecule has 1 heterocycles. The van der Waals surface area contributed by atoms with Crippen LogP contribution in [0.3, 0.4) is 0 Å². The second kappa shape index (κ2) is 9.78. The lowest BCUT2D eigenvalue weighted by molar-refractivity contribution is -0.140. The summed E-state index contributed by atoms with van der Waals surface area (Å²) in [5.74, 6) is -1.01. The standard InChI is InChI=1S/C23H24ClNO5/c1-3-12-30-18-6-4-5-16(14-18)20-19(21(26)15-7-9-17(24)10-8-15)22(27)23(28)25(20)11-13-29-2/h4-10,14,20,26H,3,11-13H2,1-2H3/b21-19+. The minimum absolute atomic E-state index is 0.0334. The van der Waals surface area contributed by atoms with Crippen molar-refractivity contribution in [3.63, 3.8) is 0 Å². The van der Waals surface area contributed by atoms with Crippen molar-refractivity contribution in [2.24, 2.45) is 0 Å². The predicted octanol–water partition coefficient (Wildman–Crippen LogP) is 4.20. The zero-order valence-corrected chi connectivity index (χ0v) is 17.7. The molecule has 1 aliphatic rings. The molecule has 0 aliphatic carbocycles. The number of nitrogens with zero attached hydrogens (tertiary/aromatic N) is 1. The maximum atomic E-state index is 12.9. The molecule has 0 radical (unpaired) electrons.